The molecule has 0 saturated heterocycles. The standard InChI is InChI=1S/C28H31N5/c1-4-16-28(29,5-2)22-13-11-21(12-14-22)26-24(20-9-7-6-8-10-20)18-23-19(3)31-25-15-17-30-33(25)27(23)32-26/h6-15,17-18,23,27H,4-5,16,29H2,1-3H3. The molecule has 3 atom stereocenters. The predicted molar refractivity (Wildman–Crippen MR) is 136 cm³/mol. The molecule has 0 radical (unpaired) electrons. The summed E-state index contributed by atoms with van der Waals surface area (Å²) in [4.78, 5) is 10.1. The minimum absolute atomic E-state index is 0.0805. The van der Waals surface area contributed by atoms with Gasteiger partial charge in [0.25, 0.3) is 0 Å². The zero-order valence-corrected chi connectivity index (χ0v) is 19.6. The third-order valence-electron chi connectivity index (χ3n) is 7.00. The average molecular weight is 438 g/mol. The molecular weight excluding hydrogens is 406 g/mol. The second kappa shape index (κ2) is 8.56. The van der Waals surface area contributed by atoms with Crippen LogP contribution in [0.3, 0.4) is 0 Å². The number of rotatable bonds is 6. The molecule has 0 bridgehead atoms. The fraction of sp³-hybridized carbons (Fsp3) is 0.321. The molecule has 2 aliphatic heterocycles. The number of benzene rings is 2. The number of hydrogen-bond acceptors (Lipinski definition) is 4. The molecule has 0 saturated carbocycles. The van der Waals surface area contributed by atoms with Crippen LogP contribution < -0.4 is 5.73 Å². The summed E-state index contributed by atoms with van der Waals surface area (Å²) in [6.45, 7) is 6.44. The van der Waals surface area contributed by atoms with Gasteiger partial charge in [-0.3, -0.25) is 4.99 Å². The van der Waals surface area contributed by atoms with Crippen molar-refractivity contribution in [1.82, 2.24) is 9.78 Å². The lowest BCUT2D eigenvalue weighted by molar-refractivity contribution is 0.390. The number of aromatic nitrogens is 2. The van der Waals surface area contributed by atoms with Crippen molar-refractivity contribution in [2.75, 3.05) is 0 Å². The van der Waals surface area contributed by atoms with Crippen LogP contribution in [0.5, 0.6) is 0 Å². The molecule has 1 aromatic heterocycles. The van der Waals surface area contributed by atoms with Gasteiger partial charge in [-0.25, -0.2) is 9.67 Å². The third-order valence-corrected chi connectivity index (χ3v) is 7.00. The highest BCUT2D eigenvalue weighted by molar-refractivity contribution is 6.32. The number of fused-ring (bicyclic) bond motifs is 3. The van der Waals surface area contributed by atoms with Crippen molar-refractivity contribution in [3.63, 3.8) is 0 Å². The first-order chi connectivity index (χ1) is 16.0. The first-order valence-electron chi connectivity index (χ1n) is 11.9. The Kier molecular flexibility index (Phi) is 5.59. The smallest absolute Gasteiger partial charge is 0.156 e. The van der Waals surface area contributed by atoms with E-state index < -0.39 is 0 Å². The van der Waals surface area contributed by atoms with Crippen molar-refractivity contribution in [2.45, 2.75) is 51.7 Å². The number of allylic oxidation sites excluding steroid dienone is 1. The number of nitrogens with two attached hydrogens (primary N) is 1. The molecule has 0 amide bonds. The van der Waals surface area contributed by atoms with Gasteiger partial charge in [-0.1, -0.05) is 80.9 Å². The Morgan fingerprint density at radius 2 is 1.73 bits per heavy atom. The molecule has 0 spiro atoms. The van der Waals surface area contributed by atoms with Crippen molar-refractivity contribution in [2.24, 2.45) is 21.6 Å². The minimum atomic E-state index is -0.286. The molecule has 3 heterocycles. The summed E-state index contributed by atoms with van der Waals surface area (Å²) in [6.07, 6.45) is 6.95. The summed E-state index contributed by atoms with van der Waals surface area (Å²) in [5, 5.41) is 4.54. The molecule has 33 heavy (non-hydrogen) atoms. The van der Waals surface area contributed by atoms with E-state index >= 15 is 0 Å². The van der Waals surface area contributed by atoms with Gasteiger partial charge in [-0.2, -0.15) is 5.10 Å². The fourth-order valence-corrected chi connectivity index (χ4v) is 5.04. The van der Waals surface area contributed by atoms with Gasteiger partial charge in [0.1, 0.15) is 0 Å². The predicted octanol–water partition coefficient (Wildman–Crippen LogP) is 6.05. The summed E-state index contributed by atoms with van der Waals surface area (Å²) in [5.41, 5.74) is 13.1. The van der Waals surface area contributed by atoms with Gasteiger partial charge in [-0.05, 0) is 30.9 Å². The first kappa shape index (κ1) is 21.5. The summed E-state index contributed by atoms with van der Waals surface area (Å²) >= 11 is 0. The topological polar surface area (TPSA) is 68.6 Å². The van der Waals surface area contributed by atoms with E-state index in [1.165, 1.54) is 5.56 Å². The van der Waals surface area contributed by atoms with Gasteiger partial charge < -0.3 is 5.73 Å². The van der Waals surface area contributed by atoms with Gasteiger partial charge in [0.2, 0.25) is 0 Å². The SMILES string of the molecule is CCCC(N)(CC)c1ccc(C2=NC3C(C=C2c2ccccc2)C(C)=Nc2ccnn23)cc1. The third kappa shape index (κ3) is 3.76. The second-order valence-electron chi connectivity index (χ2n) is 9.09. The Morgan fingerprint density at radius 1 is 0.970 bits per heavy atom. The molecular formula is C28H31N5. The largest absolute Gasteiger partial charge is 0.321 e. The molecule has 5 rings (SSSR count). The van der Waals surface area contributed by atoms with Crippen LogP contribution in [0.2, 0.25) is 0 Å². The lowest BCUT2D eigenvalue weighted by Gasteiger charge is -2.33. The monoisotopic (exact) mass is 437 g/mol. The summed E-state index contributed by atoms with van der Waals surface area (Å²) in [7, 11) is 0. The molecule has 3 unspecified atom stereocenters. The Hall–Kier alpha value is -3.31. The molecule has 3 aromatic rings. The molecule has 2 aliphatic rings. The lowest BCUT2D eigenvalue weighted by Crippen LogP contribution is -2.35. The normalized spacial score (nSPS) is 21.3. The van der Waals surface area contributed by atoms with Gasteiger partial charge >= 0.3 is 0 Å². The number of aliphatic imine (C=N–C) groups is 2. The van der Waals surface area contributed by atoms with E-state index in [4.69, 9.17) is 15.7 Å². The quantitative estimate of drug-likeness (QED) is 0.510. The zero-order chi connectivity index (χ0) is 23.0. The van der Waals surface area contributed by atoms with Gasteiger partial charge in [-0.15, -0.1) is 0 Å². The van der Waals surface area contributed by atoms with E-state index in [0.29, 0.717) is 0 Å². The van der Waals surface area contributed by atoms with E-state index in [1.54, 1.807) is 6.20 Å². The Balaban J connectivity index is 1.61. The van der Waals surface area contributed by atoms with Gasteiger partial charge in [0.05, 0.1) is 17.8 Å². The lowest BCUT2D eigenvalue weighted by atomic mass is 9.82. The number of hydrogen-bond donors (Lipinski definition) is 1. The van der Waals surface area contributed by atoms with Crippen LogP contribution in [0, 0.1) is 5.92 Å². The van der Waals surface area contributed by atoms with Crippen LogP contribution in [0.1, 0.15) is 62.9 Å². The van der Waals surface area contributed by atoms with E-state index in [9.17, 15) is 0 Å². The van der Waals surface area contributed by atoms with E-state index in [2.05, 4.69) is 80.5 Å². The Morgan fingerprint density at radius 3 is 2.42 bits per heavy atom. The molecule has 5 heteroatoms. The van der Waals surface area contributed by atoms with Crippen LogP contribution in [0.4, 0.5) is 5.82 Å². The number of dihydropyridines is 1. The van der Waals surface area contributed by atoms with Crippen LogP contribution in [0.15, 0.2) is 82.9 Å². The van der Waals surface area contributed by atoms with Crippen LogP contribution in [-0.4, -0.2) is 21.2 Å². The molecule has 5 nitrogen and oxygen atoms in total. The minimum Gasteiger partial charge on any atom is -0.321 e. The maximum Gasteiger partial charge on any atom is 0.156 e. The van der Waals surface area contributed by atoms with Crippen molar-refractivity contribution < 1.29 is 0 Å². The Labute approximate surface area is 195 Å². The first-order valence-corrected chi connectivity index (χ1v) is 11.9. The summed E-state index contributed by atoms with van der Waals surface area (Å²) in [6, 6.07) is 21.1. The van der Waals surface area contributed by atoms with Crippen molar-refractivity contribution >= 4 is 22.8 Å². The Bertz CT molecular complexity index is 1230. The second-order valence-corrected chi connectivity index (χ2v) is 9.09. The maximum absolute atomic E-state index is 6.75. The molecule has 0 aliphatic carbocycles. The molecule has 2 N–H and O–H groups in total. The maximum atomic E-state index is 6.75. The highest BCUT2D eigenvalue weighted by Gasteiger charge is 2.35. The van der Waals surface area contributed by atoms with Gasteiger partial charge in [0, 0.05) is 28.5 Å². The molecule has 168 valence electrons. The van der Waals surface area contributed by atoms with Crippen molar-refractivity contribution in [3.8, 4) is 0 Å². The average Bonchev–Trinajstić information content (AvgIpc) is 3.33. The zero-order valence-electron chi connectivity index (χ0n) is 19.6. The van der Waals surface area contributed by atoms with Crippen molar-refractivity contribution in [1.29, 1.82) is 0 Å². The summed E-state index contributed by atoms with van der Waals surface area (Å²) < 4.78 is 1.94. The highest BCUT2D eigenvalue weighted by atomic mass is 15.4. The number of nitrogens with zero attached hydrogens (tertiary/aromatic N) is 4. The van der Waals surface area contributed by atoms with Crippen molar-refractivity contribution in [3.05, 3.63) is 89.6 Å². The molecule has 0 fully saturated rings. The van der Waals surface area contributed by atoms with E-state index in [-0.39, 0.29) is 17.6 Å². The highest BCUT2D eigenvalue weighted by Crippen LogP contribution is 2.40. The van der Waals surface area contributed by atoms with E-state index in [1.807, 2.05) is 16.8 Å². The fourth-order valence-electron chi connectivity index (χ4n) is 5.04. The van der Waals surface area contributed by atoms with Crippen LogP contribution >= 0.6 is 0 Å². The van der Waals surface area contributed by atoms with E-state index in [0.717, 1.165) is 53.2 Å². The molecule has 2 aromatic carbocycles. The van der Waals surface area contributed by atoms with Crippen LogP contribution in [-0.2, 0) is 5.54 Å². The van der Waals surface area contributed by atoms with Crippen LogP contribution in [0.25, 0.3) is 5.57 Å². The summed E-state index contributed by atoms with van der Waals surface area (Å²) in [5.74, 6) is 0.941. The van der Waals surface area contributed by atoms with Gasteiger partial charge in [0.15, 0.2) is 12.0 Å².